The van der Waals surface area contributed by atoms with Gasteiger partial charge in [0.05, 0.1) is 17.9 Å². The number of H-pyrrole nitrogens is 1. The first-order chi connectivity index (χ1) is 15.6. The molecule has 2 N–H and O–H groups in total. The third kappa shape index (κ3) is 3.47. The molecule has 1 saturated carbocycles. The van der Waals surface area contributed by atoms with E-state index in [0.29, 0.717) is 43.1 Å². The van der Waals surface area contributed by atoms with Gasteiger partial charge in [0.1, 0.15) is 11.7 Å². The van der Waals surface area contributed by atoms with Crippen LogP contribution < -0.4 is 15.0 Å². The summed E-state index contributed by atoms with van der Waals surface area (Å²) in [5.41, 5.74) is 2.27. The van der Waals surface area contributed by atoms with Crippen molar-refractivity contribution in [2.45, 2.75) is 25.8 Å². The van der Waals surface area contributed by atoms with Crippen LogP contribution >= 0.6 is 0 Å². The number of nitrogens with one attached hydrogen (secondary N) is 2. The first-order valence-corrected chi connectivity index (χ1v) is 10.7. The molecule has 5 rings (SSSR count). The highest BCUT2D eigenvalue weighted by Gasteiger charge is 2.44. The Morgan fingerprint density at radius 1 is 1.44 bits per heavy atom. The van der Waals surface area contributed by atoms with E-state index in [4.69, 9.17) is 9.26 Å². The van der Waals surface area contributed by atoms with E-state index in [0.717, 1.165) is 29.6 Å². The molecule has 11 nitrogen and oxygen atoms in total. The van der Waals surface area contributed by atoms with Crippen molar-refractivity contribution in [3.8, 4) is 12.1 Å². The Bertz CT molecular complexity index is 1170. The summed E-state index contributed by atoms with van der Waals surface area (Å²) < 4.78 is 10.2. The number of pyridine rings is 1. The molecule has 0 aromatic carbocycles. The molecular weight excluding hydrogens is 412 g/mol. The number of fused-ring (bicyclic) bond motifs is 2. The van der Waals surface area contributed by atoms with Gasteiger partial charge >= 0.3 is 18.1 Å². The lowest BCUT2D eigenvalue weighted by atomic mass is 10.0. The number of amides is 2. The third-order valence-corrected chi connectivity index (χ3v) is 6.49. The molecule has 3 aromatic rings. The number of nitriles is 1. The predicted octanol–water partition coefficient (Wildman–Crippen LogP) is 2.59. The first-order valence-electron chi connectivity index (χ1n) is 10.7. The minimum absolute atomic E-state index is 0.0327. The summed E-state index contributed by atoms with van der Waals surface area (Å²) in [5.74, 6) is 0.813. The molecule has 11 heteroatoms. The highest BCUT2D eigenvalue weighted by Crippen LogP contribution is 2.42. The van der Waals surface area contributed by atoms with Gasteiger partial charge in [-0.05, 0) is 42.8 Å². The van der Waals surface area contributed by atoms with Gasteiger partial charge < -0.3 is 24.0 Å². The van der Waals surface area contributed by atoms with Crippen LogP contribution in [0.2, 0.25) is 0 Å². The van der Waals surface area contributed by atoms with Gasteiger partial charge in [-0.2, -0.15) is 5.26 Å². The van der Waals surface area contributed by atoms with Crippen LogP contribution in [0, 0.1) is 23.2 Å². The first kappa shape index (κ1) is 20.1. The second-order valence-electron chi connectivity index (χ2n) is 8.28. The molecule has 2 amide bonds. The van der Waals surface area contributed by atoms with Gasteiger partial charge in [-0.15, -0.1) is 4.98 Å². The number of anilines is 2. The maximum atomic E-state index is 12.6. The van der Waals surface area contributed by atoms with Crippen LogP contribution in [0.3, 0.4) is 0 Å². The minimum Gasteiger partial charge on any atom is -0.462 e. The molecule has 2 aliphatic rings. The van der Waals surface area contributed by atoms with Crippen molar-refractivity contribution in [3.63, 3.8) is 0 Å². The van der Waals surface area contributed by atoms with Crippen LogP contribution in [0.4, 0.5) is 16.5 Å². The van der Waals surface area contributed by atoms with Gasteiger partial charge in [-0.3, -0.25) is 5.32 Å². The predicted molar refractivity (Wildman–Crippen MR) is 115 cm³/mol. The van der Waals surface area contributed by atoms with Gasteiger partial charge in [0, 0.05) is 44.0 Å². The monoisotopic (exact) mass is 436 g/mol. The van der Waals surface area contributed by atoms with Crippen molar-refractivity contribution in [1.29, 1.82) is 5.26 Å². The van der Waals surface area contributed by atoms with Crippen LogP contribution in [0.25, 0.3) is 11.0 Å². The van der Waals surface area contributed by atoms with E-state index in [1.54, 1.807) is 11.1 Å². The number of hydrogen-bond acceptors (Lipinski definition) is 8. The molecule has 2 unspecified atom stereocenters. The Labute approximate surface area is 184 Å². The highest BCUT2D eigenvalue weighted by molar-refractivity contribution is 5.93. The Balaban J connectivity index is 1.24. The fraction of sp³-hybridized carbons (Fsp3) is 0.476. The van der Waals surface area contributed by atoms with E-state index in [1.165, 1.54) is 0 Å². The number of rotatable bonds is 5. The van der Waals surface area contributed by atoms with Crippen molar-refractivity contribution in [2.24, 2.45) is 11.8 Å². The number of aromatic nitrogens is 4. The van der Waals surface area contributed by atoms with Crippen LogP contribution in [0.5, 0.6) is 6.01 Å². The average molecular weight is 436 g/mol. The van der Waals surface area contributed by atoms with Crippen molar-refractivity contribution >= 4 is 28.8 Å². The largest absolute Gasteiger partial charge is 0.462 e. The maximum absolute atomic E-state index is 12.6. The zero-order valence-electron chi connectivity index (χ0n) is 17.9. The molecule has 1 saturated heterocycles. The molecule has 4 heterocycles. The molecule has 0 spiro atoms. The molecular formula is C21H24N8O3. The molecule has 1 aliphatic heterocycles. The Hall–Kier alpha value is -3.81. The fourth-order valence-corrected chi connectivity index (χ4v) is 5.01. The lowest BCUT2D eigenvalue weighted by Gasteiger charge is -2.29. The number of carbonyl (C=O) groups excluding carboxylic acids is 1. The minimum atomic E-state index is -0.245. The van der Waals surface area contributed by atoms with Gasteiger partial charge in [0.15, 0.2) is 0 Å². The zero-order valence-corrected chi connectivity index (χ0v) is 17.9. The van der Waals surface area contributed by atoms with Crippen LogP contribution in [-0.2, 0) is 0 Å². The number of likely N-dealkylation sites (tertiary alicyclic amines) is 1. The van der Waals surface area contributed by atoms with Crippen LogP contribution in [0.1, 0.15) is 25.3 Å². The van der Waals surface area contributed by atoms with Crippen molar-refractivity contribution in [2.75, 3.05) is 37.0 Å². The fourth-order valence-electron chi connectivity index (χ4n) is 5.01. The summed E-state index contributed by atoms with van der Waals surface area (Å²) in [6.07, 6.45) is 5.38. The smallest absolute Gasteiger partial charge is 0.355 e. The lowest BCUT2D eigenvalue weighted by Crippen LogP contribution is -2.36. The topological polar surface area (TPSA) is 136 Å². The molecule has 2 fully saturated rings. The van der Waals surface area contributed by atoms with Gasteiger partial charge in [-0.25, -0.2) is 9.78 Å². The molecule has 3 aromatic heterocycles. The summed E-state index contributed by atoms with van der Waals surface area (Å²) >= 11 is 0. The number of hydrogen-bond donors (Lipinski definition) is 2. The third-order valence-electron chi connectivity index (χ3n) is 6.49. The van der Waals surface area contributed by atoms with Crippen LogP contribution in [0.15, 0.2) is 23.0 Å². The van der Waals surface area contributed by atoms with E-state index < -0.39 is 0 Å². The Morgan fingerprint density at radius 3 is 2.94 bits per heavy atom. The summed E-state index contributed by atoms with van der Waals surface area (Å²) in [6, 6.07) is 4.44. The molecule has 0 radical (unpaired) electrons. The van der Waals surface area contributed by atoms with Gasteiger partial charge in [0.2, 0.25) is 0 Å². The second kappa shape index (κ2) is 8.03. The van der Waals surface area contributed by atoms with E-state index in [9.17, 15) is 10.1 Å². The number of nitrogens with zero attached hydrogens (tertiary/aromatic N) is 6. The lowest BCUT2D eigenvalue weighted by molar-refractivity contribution is 0.217. The molecule has 1 aliphatic carbocycles. The molecule has 166 valence electrons. The van der Waals surface area contributed by atoms with E-state index in [-0.39, 0.29) is 18.1 Å². The summed E-state index contributed by atoms with van der Waals surface area (Å²) in [6.45, 7) is 3.59. The number of urea groups is 1. The number of aromatic amines is 1. The SMILES string of the molecule is CCOc1noc(NC(=O)N2CC3CC(N(C)c4c(C#N)cnc5[nH]ccc45)CC3C2)n1. The Morgan fingerprint density at radius 2 is 2.22 bits per heavy atom. The maximum Gasteiger partial charge on any atom is 0.355 e. The zero-order chi connectivity index (χ0) is 22.2. The highest BCUT2D eigenvalue weighted by atomic mass is 16.6. The van der Waals surface area contributed by atoms with E-state index in [2.05, 4.69) is 36.4 Å². The number of carbonyl (C=O) groups is 1. The van der Waals surface area contributed by atoms with Crippen molar-refractivity contribution < 1.29 is 14.1 Å². The van der Waals surface area contributed by atoms with Crippen molar-refractivity contribution in [3.05, 3.63) is 24.0 Å². The Kier molecular flexibility index (Phi) is 5.05. The molecule has 2 atom stereocenters. The van der Waals surface area contributed by atoms with Crippen LogP contribution in [-0.4, -0.2) is 63.8 Å². The van der Waals surface area contributed by atoms with Crippen molar-refractivity contribution in [1.82, 2.24) is 25.0 Å². The van der Waals surface area contributed by atoms with E-state index in [1.807, 2.05) is 26.2 Å². The molecule has 32 heavy (non-hydrogen) atoms. The van der Waals surface area contributed by atoms with E-state index >= 15 is 0 Å². The van der Waals surface area contributed by atoms with Gasteiger partial charge in [-0.1, -0.05) is 0 Å². The average Bonchev–Trinajstić information content (AvgIpc) is 3.55. The summed E-state index contributed by atoms with van der Waals surface area (Å²) in [4.78, 5) is 28.1. The standard InChI is InChI=1S/C21H24N8O3/c1-3-31-20-25-19(32-27-20)26-21(30)29-10-12-6-15(7-13(12)11-29)28(2)17-14(8-22)9-24-18-16(17)4-5-23-18/h4-5,9,12-13,15H,3,6-7,10-11H2,1-2H3,(H,23,24)(H,25,26,27,30). The van der Waals surface area contributed by atoms with Gasteiger partial charge in [0.25, 0.3) is 0 Å². The second-order valence-corrected chi connectivity index (χ2v) is 8.28. The summed E-state index contributed by atoms with van der Waals surface area (Å²) in [7, 11) is 2.05. The summed E-state index contributed by atoms with van der Waals surface area (Å²) in [5, 5.41) is 16.9. The normalized spacial score (nSPS) is 22.0. The number of ether oxygens (including phenoxy) is 1. The quantitative estimate of drug-likeness (QED) is 0.623. The molecule has 0 bridgehead atoms.